The number of rotatable bonds is 3. The molecule has 1 aromatic carbocycles. The molecule has 2 amide bonds. The van der Waals surface area contributed by atoms with Crippen molar-refractivity contribution in [3.05, 3.63) is 29.3 Å². The third-order valence-corrected chi connectivity index (χ3v) is 5.91. The highest BCUT2D eigenvalue weighted by atomic mass is 35.5. The molecule has 2 unspecified atom stereocenters. The molecule has 0 aromatic heterocycles. The van der Waals surface area contributed by atoms with Crippen LogP contribution in [-0.4, -0.2) is 36.9 Å². The molecular formula is C20H30ClN3O2. The van der Waals surface area contributed by atoms with Crippen LogP contribution in [0.25, 0.3) is 0 Å². The lowest BCUT2D eigenvalue weighted by Gasteiger charge is -2.43. The van der Waals surface area contributed by atoms with Gasteiger partial charge in [-0.05, 0) is 68.2 Å². The highest BCUT2D eigenvalue weighted by Crippen LogP contribution is 2.42. The van der Waals surface area contributed by atoms with Crippen molar-refractivity contribution in [1.82, 2.24) is 4.90 Å². The standard InChI is InChI=1S/C20H29N3O2.ClH/c1-12-9-16(7-8-17(12)20(25)23(2)3)22-19(24)15-10-13-5-4-6-14(11-15)18(13)21;/h7-9,13-15,18H,4-6,10-11,21H2,1-3H3,(H,22,24);1H. The third kappa shape index (κ3) is 4.21. The van der Waals surface area contributed by atoms with Gasteiger partial charge in [-0.15, -0.1) is 12.4 Å². The summed E-state index contributed by atoms with van der Waals surface area (Å²) in [7, 11) is 3.48. The van der Waals surface area contributed by atoms with Crippen LogP contribution in [-0.2, 0) is 4.79 Å². The highest BCUT2D eigenvalue weighted by molar-refractivity contribution is 5.97. The van der Waals surface area contributed by atoms with E-state index in [9.17, 15) is 9.59 Å². The summed E-state index contributed by atoms with van der Waals surface area (Å²) in [6.45, 7) is 1.90. The maximum Gasteiger partial charge on any atom is 0.253 e. The van der Waals surface area contributed by atoms with Gasteiger partial charge in [0, 0.05) is 37.3 Å². The maximum atomic E-state index is 12.7. The Kier molecular flexibility index (Phi) is 6.69. The van der Waals surface area contributed by atoms with Gasteiger partial charge >= 0.3 is 0 Å². The van der Waals surface area contributed by atoms with E-state index in [1.165, 1.54) is 6.42 Å². The van der Waals surface area contributed by atoms with Gasteiger partial charge in [-0.25, -0.2) is 0 Å². The van der Waals surface area contributed by atoms with Crippen LogP contribution in [0.2, 0.25) is 0 Å². The van der Waals surface area contributed by atoms with E-state index in [2.05, 4.69) is 5.32 Å². The summed E-state index contributed by atoms with van der Waals surface area (Å²) >= 11 is 0. The van der Waals surface area contributed by atoms with Gasteiger partial charge in [0.25, 0.3) is 5.91 Å². The van der Waals surface area contributed by atoms with E-state index in [0.717, 1.165) is 36.9 Å². The van der Waals surface area contributed by atoms with Crippen LogP contribution in [0.4, 0.5) is 5.69 Å². The fraction of sp³-hybridized carbons (Fsp3) is 0.600. The Balaban J connectivity index is 0.00000243. The molecular weight excluding hydrogens is 350 g/mol. The van der Waals surface area contributed by atoms with Crippen LogP contribution in [0.5, 0.6) is 0 Å². The minimum Gasteiger partial charge on any atom is -0.345 e. The molecule has 6 heteroatoms. The van der Waals surface area contributed by atoms with Crippen molar-refractivity contribution in [2.45, 2.75) is 45.1 Å². The molecule has 0 radical (unpaired) electrons. The molecule has 2 atom stereocenters. The molecule has 2 aliphatic rings. The van der Waals surface area contributed by atoms with Crippen LogP contribution in [0.1, 0.15) is 48.0 Å². The Hall–Kier alpha value is -1.59. The number of amides is 2. The normalized spacial score (nSPS) is 27.2. The first kappa shape index (κ1) is 20.7. The number of halogens is 1. The first-order valence-corrected chi connectivity index (χ1v) is 9.25. The maximum absolute atomic E-state index is 12.7. The lowest BCUT2D eigenvalue weighted by atomic mass is 9.65. The Bertz CT molecular complexity index is 663. The minimum atomic E-state index is -0.0236. The van der Waals surface area contributed by atoms with E-state index in [-0.39, 0.29) is 36.2 Å². The average Bonchev–Trinajstić information content (AvgIpc) is 2.54. The summed E-state index contributed by atoms with van der Waals surface area (Å²) < 4.78 is 0. The molecule has 3 rings (SSSR count). The second-order valence-corrected chi connectivity index (χ2v) is 7.92. The van der Waals surface area contributed by atoms with Crippen LogP contribution < -0.4 is 11.1 Å². The largest absolute Gasteiger partial charge is 0.345 e. The number of carbonyl (C=O) groups is 2. The fourth-order valence-corrected chi connectivity index (χ4v) is 4.47. The second kappa shape index (κ2) is 8.40. The number of carbonyl (C=O) groups excluding carboxylic acids is 2. The first-order chi connectivity index (χ1) is 11.9. The highest BCUT2D eigenvalue weighted by Gasteiger charge is 2.40. The molecule has 3 N–H and O–H groups in total. The smallest absolute Gasteiger partial charge is 0.253 e. The van der Waals surface area contributed by atoms with Crippen molar-refractivity contribution in [3.8, 4) is 0 Å². The number of hydrogen-bond donors (Lipinski definition) is 2. The van der Waals surface area contributed by atoms with Gasteiger partial charge in [0.15, 0.2) is 0 Å². The molecule has 0 saturated heterocycles. The van der Waals surface area contributed by atoms with E-state index in [1.807, 2.05) is 19.1 Å². The van der Waals surface area contributed by atoms with Gasteiger partial charge in [-0.1, -0.05) is 6.42 Å². The Morgan fingerprint density at radius 1 is 1.15 bits per heavy atom. The molecule has 0 aliphatic heterocycles. The molecule has 144 valence electrons. The third-order valence-electron chi connectivity index (χ3n) is 5.91. The number of fused-ring (bicyclic) bond motifs is 2. The molecule has 2 bridgehead atoms. The van der Waals surface area contributed by atoms with E-state index in [0.29, 0.717) is 17.4 Å². The van der Waals surface area contributed by atoms with Crippen molar-refractivity contribution < 1.29 is 9.59 Å². The zero-order valence-electron chi connectivity index (χ0n) is 15.8. The van der Waals surface area contributed by atoms with Crippen molar-refractivity contribution in [2.24, 2.45) is 23.5 Å². The van der Waals surface area contributed by atoms with Gasteiger partial charge < -0.3 is 16.0 Å². The van der Waals surface area contributed by atoms with Gasteiger partial charge in [-0.2, -0.15) is 0 Å². The van der Waals surface area contributed by atoms with Crippen LogP contribution in [0.3, 0.4) is 0 Å². The van der Waals surface area contributed by atoms with Crippen LogP contribution >= 0.6 is 12.4 Å². The summed E-state index contributed by atoms with van der Waals surface area (Å²) in [6.07, 6.45) is 5.36. The van der Waals surface area contributed by atoms with E-state index < -0.39 is 0 Å². The van der Waals surface area contributed by atoms with E-state index in [1.54, 1.807) is 25.1 Å². The zero-order valence-corrected chi connectivity index (χ0v) is 16.6. The van der Waals surface area contributed by atoms with Gasteiger partial charge in [0.05, 0.1) is 0 Å². The van der Waals surface area contributed by atoms with Crippen molar-refractivity contribution >= 4 is 29.9 Å². The number of hydrogen-bond acceptors (Lipinski definition) is 3. The molecule has 26 heavy (non-hydrogen) atoms. The summed E-state index contributed by atoms with van der Waals surface area (Å²) in [4.78, 5) is 26.4. The minimum absolute atomic E-state index is 0. The number of nitrogens with two attached hydrogens (primary N) is 1. The summed E-state index contributed by atoms with van der Waals surface area (Å²) in [6, 6.07) is 5.76. The second-order valence-electron chi connectivity index (χ2n) is 7.92. The number of benzene rings is 1. The SMILES string of the molecule is Cc1cc(NC(=O)C2CC3CCCC(C2)C3N)ccc1C(=O)N(C)C.Cl. The summed E-state index contributed by atoms with van der Waals surface area (Å²) in [5.74, 6) is 1.10. The Morgan fingerprint density at radius 2 is 1.77 bits per heavy atom. The Labute approximate surface area is 162 Å². The number of anilines is 1. The van der Waals surface area contributed by atoms with E-state index >= 15 is 0 Å². The number of aryl methyl sites for hydroxylation is 1. The van der Waals surface area contributed by atoms with Gasteiger partial charge in [0.1, 0.15) is 0 Å². The van der Waals surface area contributed by atoms with Crippen LogP contribution in [0.15, 0.2) is 18.2 Å². The van der Waals surface area contributed by atoms with E-state index in [4.69, 9.17) is 5.73 Å². The quantitative estimate of drug-likeness (QED) is 0.846. The Morgan fingerprint density at radius 3 is 2.31 bits per heavy atom. The predicted octanol–water partition coefficient (Wildman–Crippen LogP) is 3.21. The molecule has 2 aliphatic carbocycles. The number of nitrogens with zero attached hydrogens (tertiary/aromatic N) is 1. The summed E-state index contributed by atoms with van der Waals surface area (Å²) in [5, 5.41) is 3.05. The average molecular weight is 380 g/mol. The number of nitrogens with one attached hydrogen (secondary N) is 1. The molecule has 5 nitrogen and oxygen atoms in total. The molecule has 1 aromatic rings. The van der Waals surface area contributed by atoms with Crippen molar-refractivity contribution in [2.75, 3.05) is 19.4 Å². The molecule has 0 heterocycles. The topological polar surface area (TPSA) is 75.4 Å². The van der Waals surface area contributed by atoms with Gasteiger partial charge in [-0.3, -0.25) is 9.59 Å². The predicted molar refractivity (Wildman–Crippen MR) is 107 cm³/mol. The first-order valence-electron chi connectivity index (χ1n) is 9.25. The van der Waals surface area contributed by atoms with Gasteiger partial charge in [0.2, 0.25) is 5.91 Å². The molecule has 0 spiro atoms. The fourth-order valence-electron chi connectivity index (χ4n) is 4.47. The molecule has 2 fully saturated rings. The van der Waals surface area contributed by atoms with Crippen molar-refractivity contribution in [3.63, 3.8) is 0 Å². The lowest BCUT2D eigenvalue weighted by molar-refractivity contribution is -0.122. The lowest BCUT2D eigenvalue weighted by Crippen LogP contribution is -2.48. The van der Waals surface area contributed by atoms with Crippen molar-refractivity contribution in [1.29, 1.82) is 0 Å². The van der Waals surface area contributed by atoms with Crippen LogP contribution in [0, 0.1) is 24.7 Å². The zero-order chi connectivity index (χ0) is 18.1. The molecule has 2 saturated carbocycles. The summed E-state index contributed by atoms with van der Waals surface area (Å²) in [5.41, 5.74) is 8.62. The monoisotopic (exact) mass is 379 g/mol.